The summed E-state index contributed by atoms with van der Waals surface area (Å²) < 4.78 is 49.0. The molecule has 0 radical (unpaired) electrons. The van der Waals surface area contributed by atoms with E-state index in [1.807, 2.05) is 14.0 Å². The molecule has 43 heavy (non-hydrogen) atoms. The number of carbonyl (C=O) groups excluding carboxylic acids is 1. The number of hydrogen-bond acceptors (Lipinski definition) is 8. The lowest BCUT2D eigenvalue weighted by Gasteiger charge is -2.33. The van der Waals surface area contributed by atoms with Crippen molar-refractivity contribution in [3.8, 4) is 5.75 Å². The molecule has 1 aromatic heterocycles. The van der Waals surface area contributed by atoms with Gasteiger partial charge in [0.15, 0.2) is 0 Å². The highest BCUT2D eigenvalue weighted by molar-refractivity contribution is 6.33. The number of likely N-dealkylation sites (N-methyl/N-ethyl adjacent to an activating group) is 1. The molecular formula is C29H36ClF3N8O2. The van der Waals surface area contributed by atoms with E-state index in [0.29, 0.717) is 35.1 Å². The van der Waals surface area contributed by atoms with Gasteiger partial charge in [-0.15, -0.1) is 0 Å². The minimum atomic E-state index is -4.62. The first-order chi connectivity index (χ1) is 20.3. The third-order valence-electron chi connectivity index (χ3n) is 7.46. The lowest BCUT2D eigenvalue weighted by Crippen LogP contribution is -2.43. The highest BCUT2D eigenvalue weighted by Gasteiger charge is 2.33. The monoisotopic (exact) mass is 620 g/mol. The second-order valence-electron chi connectivity index (χ2n) is 10.4. The van der Waals surface area contributed by atoms with E-state index in [1.54, 1.807) is 36.2 Å². The van der Waals surface area contributed by atoms with Crippen LogP contribution in [0.25, 0.3) is 5.70 Å². The van der Waals surface area contributed by atoms with E-state index in [0.717, 1.165) is 36.5 Å². The number of amides is 1. The van der Waals surface area contributed by atoms with Crippen LogP contribution in [0.2, 0.25) is 5.02 Å². The normalized spacial score (nSPS) is 15.0. The Kier molecular flexibility index (Phi) is 9.90. The molecule has 3 aromatic rings. The molecule has 4 rings (SSSR count). The minimum absolute atomic E-state index is 0.0791. The molecule has 0 aliphatic carbocycles. The minimum Gasteiger partial charge on any atom is -0.494 e. The predicted octanol–water partition coefficient (Wildman–Crippen LogP) is 4.31. The van der Waals surface area contributed by atoms with Gasteiger partial charge < -0.3 is 20.7 Å². The second-order valence-corrected chi connectivity index (χ2v) is 10.8. The average molecular weight is 621 g/mol. The van der Waals surface area contributed by atoms with Crippen LogP contribution in [0.3, 0.4) is 0 Å². The number of piperazine rings is 1. The van der Waals surface area contributed by atoms with Crippen molar-refractivity contribution in [3.05, 3.63) is 75.7 Å². The zero-order chi connectivity index (χ0) is 31.5. The molecule has 0 atom stereocenters. The Labute approximate surface area is 253 Å². The summed E-state index contributed by atoms with van der Waals surface area (Å²) in [6, 6.07) is 6.49. The lowest BCUT2D eigenvalue weighted by atomic mass is 10.1. The van der Waals surface area contributed by atoms with Crippen molar-refractivity contribution < 1.29 is 22.7 Å². The number of nitrogens with two attached hydrogens (primary N) is 1. The molecule has 0 unspecified atom stereocenters. The largest absolute Gasteiger partial charge is 0.494 e. The summed E-state index contributed by atoms with van der Waals surface area (Å²) >= 11 is 6.49. The van der Waals surface area contributed by atoms with Crippen LogP contribution in [0.4, 0.5) is 24.5 Å². The fourth-order valence-corrected chi connectivity index (χ4v) is 5.04. The zero-order valence-corrected chi connectivity index (χ0v) is 25.5. The maximum Gasteiger partial charge on any atom is 0.416 e. The summed E-state index contributed by atoms with van der Waals surface area (Å²) in [5.74, 6) is -0.467. The third kappa shape index (κ3) is 7.42. The standard InChI is InChI=1S/C29H36ClF3N8O2/c1-18-22(15-36-39(18)4)24(34)17-41(35-2)26-13-19(6-7-23(26)30)28(42)37-25-14-21(29(31,32)33)12-20(27(25)43-5)16-40-10-8-38(3)9-11-40/h6-7,12-15,17,35H,8-11,16,34H2,1-5H3,(H,37,42)/b24-17-. The second kappa shape index (κ2) is 13.2. The van der Waals surface area contributed by atoms with Crippen LogP contribution in [0.5, 0.6) is 5.75 Å². The maximum absolute atomic E-state index is 13.9. The molecule has 0 spiro atoms. The van der Waals surface area contributed by atoms with Crippen LogP contribution >= 0.6 is 11.6 Å². The van der Waals surface area contributed by atoms with Crippen LogP contribution in [0, 0.1) is 6.92 Å². The van der Waals surface area contributed by atoms with Gasteiger partial charge in [0.25, 0.3) is 5.91 Å². The Balaban J connectivity index is 1.65. The fourth-order valence-electron chi connectivity index (χ4n) is 4.83. The number of halogens is 4. The van der Waals surface area contributed by atoms with Crippen LogP contribution in [-0.2, 0) is 19.8 Å². The van der Waals surface area contributed by atoms with Gasteiger partial charge in [-0.2, -0.15) is 18.3 Å². The van der Waals surface area contributed by atoms with Gasteiger partial charge in [-0.1, -0.05) is 11.6 Å². The molecular weight excluding hydrogens is 585 g/mol. The molecule has 10 nitrogen and oxygen atoms in total. The van der Waals surface area contributed by atoms with E-state index in [-0.39, 0.29) is 23.5 Å². The first kappa shape index (κ1) is 32.1. The molecule has 1 aliphatic heterocycles. The van der Waals surface area contributed by atoms with E-state index in [2.05, 4.69) is 25.6 Å². The fraction of sp³-hybridized carbons (Fsp3) is 0.379. The number of methoxy groups -OCH3 is 1. The number of aromatic nitrogens is 2. The van der Waals surface area contributed by atoms with Gasteiger partial charge in [0.1, 0.15) is 5.75 Å². The summed E-state index contributed by atoms with van der Waals surface area (Å²) in [5.41, 5.74) is 11.2. The predicted molar refractivity (Wildman–Crippen MR) is 162 cm³/mol. The molecule has 1 saturated heterocycles. The molecule has 0 saturated carbocycles. The van der Waals surface area contributed by atoms with Crippen molar-refractivity contribution >= 4 is 34.6 Å². The molecule has 0 bridgehead atoms. The molecule has 1 aliphatic rings. The smallest absolute Gasteiger partial charge is 0.416 e. The molecule has 2 aromatic carbocycles. The van der Waals surface area contributed by atoms with Gasteiger partial charge in [-0.05, 0) is 44.3 Å². The SMILES string of the molecule is CNN(/C=C(\N)c1cnn(C)c1C)c1cc(C(=O)Nc2cc(C(F)(F)F)cc(CN3CCN(C)CC3)c2OC)ccc1Cl. The summed E-state index contributed by atoms with van der Waals surface area (Å²) in [6.07, 6.45) is -1.38. The third-order valence-corrected chi connectivity index (χ3v) is 7.78. The Bertz CT molecular complexity index is 1500. The first-order valence-corrected chi connectivity index (χ1v) is 13.9. The van der Waals surface area contributed by atoms with Crippen LogP contribution in [-0.4, -0.2) is 72.9 Å². The summed E-state index contributed by atoms with van der Waals surface area (Å²) in [6.45, 7) is 5.13. The molecule has 2 heterocycles. The molecule has 1 fully saturated rings. The van der Waals surface area contributed by atoms with Crippen molar-refractivity contribution in [1.29, 1.82) is 0 Å². The number of nitrogens with one attached hydrogen (secondary N) is 2. The maximum atomic E-state index is 13.9. The number of aryl methyl sites for hydroxylation is 1. The highest BCUT2D eigenvalue weighted by Crippen LogP contribution is 2.39. The van der Waals surface area contributed by atoms with Crippen molar-refractivity contribution in [1.82, 2.24) is 25.0 Å². The van der Waals surface area contributed by atoms with E-state index in [1.165, 1.54) is 25.3 Å². The number of hydrazine groups is 1. The Morgan fingerprint density at radius 3 is 2.47 bits per heavy atom. The van der Waals surface area contributed by atoms with Crippen LogP contribution < -0.4 is 26.2 Å². The van der Waals surface area contributed by atoms with Gasteiger partial charge in [-0.25, -0.2) is 5.43 Å². The van der Waals surface area contributed by atoms with Gasteiger partial charge in [0, 0.05) is 75.4 Å². The van der Waals surface area contributed by atoms with Gasteiger partial charge in [0.2, 0.25) is 0 Å². The number of benzene rings is 2. The quantitative estimate of drug-likeness (QED) is 0.304. The van der Waals surface area contributed by atoms with Crippen molar-refractivity contribution in [2.24, 2.45) is 12.8 Å². The molecule has 1 amide bonds. The van der Waals surface area contributed by atoms with Crippen molar-refractivity contribution in [2.45, 2.75) is 19.6 Å². The van der Waals surface area contributed by atoms with E-state index < -0.39 is 17.6 Å². The topological polar surface area (TPSA) is 104 Å². The van der Waals surface area contributed by atoms with Crippen LogP contribution in [0.15, 0.2) is 42.7 Å². The first-order valence-electron chi connectivity index (χ1n) is 13.5. The number of carbonyl (C=O) groups is 1. The van der Waals surface area contributed by atoms with E-state index in [9.17, 15) is 18.0 Å². The number of hydrogen-bond donors (Lipinski definition) is 3. The number of rotatable bonds is 9. The van der Waals surface area contributed by atoms with E-state index in [4.69, 9.17) is 22.1 Å². The molecule has 232 valence electrons. The van der Waals surface area contributed by atoms with Crippen LogP contribution in [0.1, 0.15) is 32.7 Å². The number of alkyl halides is 3. The summed E-state index contributed by atoms with van der Waals surface area (Å²) in [5, 5.41) is 8.69. The zero-order valence-electron chi connectivity index (χ0n) is 24.7. The number of ether oxygens (including phenoxy) is 1. The van der Waals surface area contributed by atoms with Gasteiger partial charge in [0.05, 0.1) is 41.0 Å². The van der Waals surface area contributed by atoms with Gasteiger partial charge >= 0.3 is 6.18 Å². The number of anilines is 2. The Hall–Kier alpha value is -3.78. The lowest BCUT2D eigenvalue weighted by molar-refractivity contribution is -0.137. The summed E-state index contributed by atoms with van der Waals surface area (Å²) in [7, 11) is 6.83. The van der Waals surface area contributed by atoms with E-state index >= 15 is 0 Å². The Morgan fingerprint density at radius 1 is 1.19 bits per heavy atom. The molecule has 4 N–H and O–H groups in total. The average Bonchev–Trinajstić information content (AvgIpc) is 3.30. The molecule has 14 heteroatoms. The highest BCUT2D eigenvalue weighted by atomic mass is 35.5. The summed E-state index contributed by atoms with van der Waals surface area (Å²) in [4.78, 5) is 17.7. The Morgan fingerprint density at radius 2 is 1.88 bits per heavy atom. The van der Waals surface area contributed by atoms with Crippen molar-refractivity contribution in [3.63, 3.8) is 0 Å². The van der Waals surface area contributed by atoms with Crippen molar-refractivity contribution in [2.75, 3.05) is 57.7 Å². The van der Waals surface area contributed by atoms with Gasteiger partial charge in [-0.3, -0.25) is 19.4 Å². The number of nitrogens with zero attached hydrogens (tertiary/aromatic N) is 5.